The van der Waals surface area contributed by atoms with E-state index in [0.717, 1.165) is 58.5 Å². The number of nitrogens with zero attached hydrogens (tertiary/aromatic N) is 2. The number of fused-ring (bicyclic) bond motifs is 1. The van der Waals surface area contributed by atoms with Gasteiger partial charge >= 0.3 is 6.18 Å². The van der Waals surface area contributed by atoms with E-state index < -0.39 is 17.6 Å². The maximum Gasteiger partial charge on any atom is 0.416 e. The molecule has 1 saturated carbocycles. The summed E-state index contributed by atoms with van der Waals surface area (Å²) >= 11 is 0. The van der Waals surface area contributed by atoms with Gasteiger partial charge in [0.25, 0.3) is 0 Å². The lowest BCUT2D eigenvalue weighted by Crippen LogP contribution is -2.28. The molecule has 2 atom stereocenters. The van der Waals surface area contributed by atoms with Crippen molar-refractivity contribution in [3.05, 3.63) is 83.4 Å². The van der Waals surface area contributed by atoms with Gasteiger partial charge in [0.15, 0.2) is 0 Å². The lowest BCUT2D eigenvalue weighted by atomic mass is 9.77. The standard InChI is InChI=1S/C31H31F4N3O/c1-18(2)29-36-27-16-22(11-14-28(27)38(29)3)20-9-7-19(8-10-20)21-5-4-6-23(15-21)30(39)37-26-13-12-24(17-25(26)32)31(33,34)35/h7-14,16-18,21,23H,4-6,15H2,1-3H3,(H,37,39). The van der Waals surface area contributed by atoms with Crippen LogP contribution in [0.1, 0.15) is 68.3 Å². The van der Waals surface area contributed by atoms with Crippen molar-refractivity contribution in [1.82, 2.24) is 9.55 Å². The Hall–Kier alpha value is -3.68. The Morgan fingerprint density at radius 1 is 1.00 bits per heavy atom. The van der Waals surface area contributed by atoms with Crippen molar-refractivity contribution in [1.29, 1.82) is 0 Å². The highest BCUT2D eigenvalue weighted by molar-refractivity contribution is 5.92. The van der Waals surface area contributed by atoms with Crippen molar-refractivity contribution in [2.75, 3.05) is 5.32 Å². The van der Waals surface area contributed by atoms with Gasteiger partial charge in [-0.05, 0) is 72.2 Å². The molecule has 1 amide bonds. The Bertz CT molecular complexity index is 1510. The smallest absolute Gasteiger partial charge is 0.331 e. The van der Waals surface area contributed by atoms with E-state index in [9.17, 15) is 22.4 Å². The van der Waals surface area contributed by atoms with Crippen molar-refractivity contribution < 1.29 is 22.4 Å². The quantitative estimate of drug-likeness (QED) is 0.260. The molecule has 4 nitrogen and oxygen atoms in total. The first-order valence-corrected chi connectivity index (χ1v) is 13.3. The molecule has 2 unspecified atom stereocenters. The van der Waals surface area contributed by atoms with Gasteiger partial charge in [0, 0.05) is 18.9 Å². The molecular weight excluding hydrogens is 506 g/mol. The fourth-order valence-corrected chi connectivity index (χ4v) is 5.62. The van der Waals surface area contributed by atoms with Crippen molar-refractivity contribution in [2.24, 2.45) is 13.0 Å². The molecule has 3 aromatic carbocycles. The van der Waals surface area contributed by atoms with Gasteiger partial charge in [0.2, 0.25) is 5.91 Å². The fraction of sp³-hybridized carbons (Fsp3) is 0.355. The maximum absolute atomic E-state index is 14.3. The summed E-state index contributed by atoms with van der Waals surface area (Å²) in [6, 6.07) is 16.8. The number of carbonyl (C=O) groups is 1. The zero-order valence-electron chi connectivity index (χ0n) is 22.1. The average Bonchev–Trinajstić information content (AvgIpc) is 3.25. The van der Waals surface area contributed by atoms with Gasteiger partial charge in [-0.1, -0.05) is 50.6 Å². The minimum absolute atomic E-state index is 0.174. The van der Waals surface area contributed by atoms with E-state index in [0.29, 0.717) is 24.8 Å². The molecule has 39 heavy (non-hydrogen) atoms. The van der Waals surface area contributed by atoms with Crippen LogP contribution in [0.3, 0.4) is 0 Å². The Morgan fingerprint density at radius 2 is 1.72 bits per heavy atom. The Kier molecular flexibility index (Phi) is 7.23. The van der Waals surface area contributed by atoms with E-state index in [2.05, 4.69) is 66.2 Å². The molecule has 8 heteroatoms. The number of amides is 1. The topological polar surface area (TPSA) is 46.9 Å². The fourth-order valence-electron chi connectivity index (χ4n) is 5.62. The highest BCUT2D eigenvalue weighted by Crippen LogP contribution is 2.38. The van der Waals surface area contributed by atoms with E-state index >= 15 is 0 Å². The second-order valence-corrected chi connectivity index (χ2v) is 10.8. The summed E-state index contributed by atoms with van der Waals surface area (Å²) < 4.78 is 54.9. The molecule has 0 spiro atoms. The molecule has 0 radical (unpaired) electrons. The SMILES string of the molecule is CC(C)c1nc2cc(-c3ccc(C4CCCC(C(=O)Nc5ccc(C(F)(F)F)cc5F)C4)cc3)ccc2n1C. The Balaban J connectivity index is 1.27. The average molecular weight is 538 g/mol. The molecule has 1 heterocycles. The molecule has 1 aliphatic carbocycles. The first-order chi connectivity index (χ1) is 18.5. The third kappa shape index (κ3) is 5.56. The molecule has 1 fully saturated rings. The minimum Gasteiger partial charge on any atom is -0.331 e. The second-order valence-electron chi connectivity index (χ2n) is 10.8. The van der Waals surface area contributed by atoms with Crippen molar-refractivity contribution in [3.8, 4) is 11.1 Å². The number of aryl methyl sites for hydroxylation is 1. The largest absolute Gasteiger partial charge is 0.416 e. The Labute approximate surface area is 225 Å². The lowest BCUT2D eigenvalue weighted by Gasteiger charge is -2.29. The number of benzene rings is 3. The summed E-state index contributed by atoms with van der Waals surface area (Å²) in [5, 5.41) is 2.50. The van der Waals surface area contributed by atoms with Crippen LogP contribution in [0.25, 0.3) is 22.2 Å². The molecule has 1 N–H and O–H groups in total. The number of anilines is 1. The van der Waals surface area contributed by atoms with E-state index in [4.69, 9.17) is 4.98 Å². The van der Waals surface area contributed by atoms with E-state index in [1.165, 1.54) is 0 Å². The third-order valence-electron chi connectivity index (χ3n) is 7.75. The van der Waals surface area contributed by atoms with Gasteiger partial charge < -0.3 is 9.88 Å². The predicted octanol–water partition coefficient (Wildman–Crippen LogP) is 8.43. The Morgan fingerprint density at radius 3 is 2.38 bits per heavy atom. The number of alkyl halides is 3. The number of halogens is 4. The third-order valence-corrected chi connectivity index (χ3v) is 7.75. The molecule has 204 valence electrons. The highest BCUT2D eigenvalue weighted by atomic mass is 19.4. The highest BCUT2D eigenvalue weighted by Gasteiger charge is 2.32. The first-order valence-electron chi connectivity index (χ1n) is 13.3. The monoisotopic (exact) mass is 537 g/mol. The van der Waals surface area contributed by atoms with Gasteiger partial charge in [-0.2, -0.15) is 13.2 Å². The number of rotatable bonds is 5. The normalized spacial score (nSPS) is 18.1. The van der Waals surface area contributed by atoms with E-state index in [1.54, 1.807) is 0 Å². The van der Waals surface area contributed by atoms with Crippen LogP contribution in [-0.4, -0.2) is 15.5 Å². The molecule has 0 aliphatic heterocycles. The van der Waals surface area contributed by atoms with Crippen LogP contribution in [0.4, 0.5) is 23.2 Å². The van der Waals surface area contributed by atoms with E-state index in [1.807, 2.05) is 7.05 Å². The summed E-state index contributed by atoms with van der Waals surface area (Å²) in [5.74, 6) is -0.237. The number of aromatic nitrogens is 2. The van der Waals surface area contributed by atoms with Crippen LogP contribution in [0.2, 0.25) is 0 Å². The van der Waals surface area contributed by atoms with Crippen LogP contribution >= 0.6 is 0 Å². The molecule has 5 rings (SSSR count). The molecule has 0 saturated heterocycles. The van der Waals surface area contributed by atoms with Crippen molar-refractivity contribution >= 4 is 22.6 Å². The summed E-state index contributed by atoms with van der Waals surface area (Å²) in [7, 11) is 2.04. The van der Waals surface area contributed by atoms with Gasteiger partial charge in [0.1, 0.15) is 11.6 Å². The summed E-state index contributed by atoms with van der Waals surface area (Å²) in [5.41, 5.74) is 4.06. The zero-order chi connectivity index (χ0) is 27.9. The first kappa shape index (κ1) is 26.9. The summed E-state index contributed by atoms with van der Waals surface area (Å²) in [6.07, 6.45) is -1.60. The van der Waals surface area contributed by atoms with Crippen LogP contribution in [-0.2, 0) is 18.0 Å². The van der Waals surface area contributed by atoms with Gasteiger partial charge in [-0.25, -0.2) is 9.37 Å². The number of hydrogen-bond donors (Lipinski definition) is 1. The summed E-state index contributed by atoms with van der Waals surface area (Å²) in [6.45, 7) is 4.26. The molecule has 1 aromatic heterocycles. The van der Waals surface area contributed by atoms with Gasteiger partial charge in [-0.3, -0.25) is 4.79 Å². The minimum atomic E-state index is -4.64. The van der Waals surface area contributed by atoms with Crippen LogP contribution in [0, 0.1) is 11.7 Å². The number of hydrogen-bond acceptors (Lipinski definition) is 2. The molecule has 1 aliphatic rings. The molecule has 0 bridgehead atoms. The number of imidazole rings is 1. The van der Waals surface area contributed by atoms with Gasteiger partial charge in [-0.15, -0.1) is 0 Å². The van der Waals surface area contributed by atoms with Crippen LogP contribution in [0.15, 0.2) is 60.7 Å². The lowest BCUT2D eigenvalue weighted by molar-refractivity contribution is -0.137. The van der Waals surface area contributed by atoms with Crippen molar-refractivity contribution in [3.63, 3.8) is 0 Å². The number of carbonyl (C=O) groups excluding carboxylic acids is 1. The number of nitrogens with one attached hydrogen (secondary N) is 1. The predicted molar refractivity (Wildman–Crippen MR) is 145 cm³/mol. The maximum atomic E-state index is 14.3. The van der Waals surface area contributed by atoms with Gasteiger partial charge in [0.05, 0.1) is 22.3 Å². The van der Waals surface area contributed by atoms with E-state index in [-0.39, 0.29) is 23.4 Å². The van der Waals surface area contributed by atoms with Crippen LogP contribution < -0.4 is 5.32 Å². The molecule has 4 aromatic rings. The van der Waals surface area contributed by atoms with Crippen LogP contribution in [0.5, 0.6) is 0 Å². The summed E-state index contributed by atoms with van der Waals surface area (Å²) in [4.78, 5) is 17.7. The van der Waals surface area contributed by atoms with Crippen molar-refractivity contribution in [2.45, 2.75) is 57.5 Å². The molecular formula is C31H31F4N3O. The zero-order valence-corrected chi connectivity index (χ0v) is 22.1. The second kappa shape index (κ2) is 10.5.